The van der Waals surface area contributed by atoms with Crippen molar-refractivity contribution in [1.82, 2.24) is 9.80 Å². The van der Waals surface area contributed by atoms with Gasteiger partial charge >= 0.3 is 35.8 Å². The molecule has 1 aliphatic heterocycles. The highest BCUT2D eigenvalue weighted by molar-refractivity contribution is 5.10. The molecule has 0 aromatic heterocycles. The molecule has 0 aromatic rings. The third-order valence-electron chi connectivity index (χ3n) is 5.08. The van der Waals surface area contributed by atoms with E-state index in [4.69, 9.17) is 0 Å². The summed E-state index contributed by atoms with van der Waals surface area (Å²) in [6.45, 7) is 2.33. The number of nitrogens with zero attached hydrogens (tertiary/aromatic N) is 2. The Morgan fingerprint density at radius 1 is 0.576 bits per heavy atom. The first-order valence-electron chi connectivity index (χ1n) is 9.88. The molecule has 15 heteroatoms. The summed E-state index contributed by atoms with van der Waals surface area (Å²) in [6.07, 6.45) is -3.86. The van der Waals surface area contributed by atoms with Gasteiger partial charge in [-0.2, -0.15) is 57.1 Å². The third-order valence-corrected chi connectivity index (χ3v) is 5.08. The van der Waals surface area contributed by atoms with E-state index in [1.165, 1.54) is 11.1 Å². The monoisotopic (exact) mass is 514 g/mol. The molecule has 0 atom stereocenters. The molecule has 1 heterocycles. The zero-order chi connectivity index (χ0) is 25.9. The maximum absolute atomic E-state index is 13.8. The van der Waals surface area contributed by atoms with Gasteiger partial charge in [0.15, 0.2) is 0 Å². The van der Waals surface area contributed by atoms with E-state index in [9.17, 15) is 57.1 Å². The Balaban J connectivity index is 2.78. The molecule has 1 aliphatic rings. The highest BCUT2D eigenvalue weighted by atomic mass is 19.4. The fourth-order valence-electron chi connectivity index (χ4n) is 3.01. The number of rotatable bonds is 13. The van der Waals surface area contributed by atoms with E-state index < -0.39 is 55.2 Å². The number of halogens is 13. The average Bonchev–Trinajstić information content (AvgIpc) is 3.11. The molecule has 0 spiro atoms. The SMILES string of the molecule is CCCCCCN1C=CN(CCCC(F)(F)C(F)(F)C(F)(F)C(F)(F)C(F)(F)C(F)(F)F)C1. The van der Waals surface area contributed by atoms with Crippen molar-refractivity contribution in [2.45, 2.75) is 81.2 Å². The van der Waals surface area contributed by atoms with E-state index in [1.807, 2.05) is 6.92 Å². The van der Waals surface area contributed by atoms with Crippen molar-refractivity contribution >= 4 is 0 Å². The molecule has 0 fully saturated rings. The maximum atomic E-state index is 13.8. The largest absolute Gasteiger partial charge is 0.460 e. The third kappa shape index (κ3) is 5.75. The van der Waals surface area contributed by atoms with Crippen LogP contribution >= 0.6 is 0 Å². The second-order valence-corrected chi connectivity index (χ2v) is 7.73. The van der Waals surface area contributed by atoms with Crippen LogP contribution in [0.25, 0.3) is 0 Å². The van der Waals surface area contributed by atoms with E-state index in [0.717, 1.165) is 25.7 Å². The Bertz CT molecular complexity index is 658. The predicted octanol–water partition coefficient (Wildman–Crippen LogP) is 7.13. The lowest BCUT2D eigenvalue weighted by atomic mass is 9.92. The van der Waals surface area contributed by atoms with Crippen molar-refractivity contribution in [3.63, 3.8) is 0 Å². The summed E-state index contributed by atoms with van der Waals surface area (Å²) in [6, 6.07) is 0. The fourth-order valence-corrected chi connectivity index (χ4v) is 3.01. The molecule has 0 N–H and O–H groups in total. The lowest BCUT2D eigenvalue weighted by molar-refractivity contribution is -0.440. The summed E-state index contributed by atoms with van der Waals surface area (Å²) >= 11 is 0. The van der Waals surface area contributed by atoms with Crippen LogP contribution in [0.4, 0.5) is 57.1 Å². The van der Waals surface area contributed by atoms with Gasteiger partial charge in [0.25, 0.3) is 0 Å². The van der Waals surface area contributed by atoms with Crippen molar-refractivity contribution < 1.29 is 57.1 Å². The van der Waals surface area contributed by atoms with Gasteiger partial charge in [-0.15, -0.1) is 0 Å². The van der Waals surface area contributed by atoms with Gasteiger partial charge in [-0.25, -0.2) is 0 Å². The van der Waals surface area contributed by atoms with Crippen molar-refractivity contribution in [3.05, 3.63) is 12.4 Å². The van der Waals surface area contributed by atoms with E-state index in [0.29, 0.717) is 6.54 Å². The van der Waals surface area contributed by atoms with Crippen LogP contribution in [0, 0.1) is 0 Å². The van der Waals surface area contributed by atoms with Crippen molar-refractivity contribution in [2.24, 2.45) is 0 Å². The molecule has 0 amide bonds. The molecule has 33 heavy (non-hydrogen) atoms. The van der Waals surface area contributed by atoms with E-state index in [-0.39, 0.29) is 6.67 Å². The van der Waals surface area contributed by atoms with Crippen molar-refractivity contribution in [3.8, 4) is 0 Å². The van der Waals surface area contributed by atoms with Gasteiger partial charge in [-0.3, -0.25) is 0 Å². The highest BCUT2D eigenvalue weighted by Crippen LogP contribution is 2.60. The minimum Gasteiger partial charge on any atom is -0.359 e. The van der Waals surface area contributed by atoms with E-state index in [1.54, 1.807) is 11.1 Å². The minimum absolute atomic E-state index is 0.153. The summed E-state index contributed by atoms with van der Waals surface area (Å²) < 4.78 is 170. The van der Waals surface area contributed by atoms with Gasteiger partial charge in [0.1, 0.15) is 0 Å². The first-order chi connectivity index (χ1) is 14.8. The topological polar surface area (TPSA) is 6.48 Å². The molecule has 1 rings (SSSR count). The molecular weight excluding hydrogens is 491 g/mol. The van der Waals surface area contributed by atoms with E-state index in [2.05, 4.69) is 0 Å². The molecule has 2 nitrogen and oxygen atoms in total. The summed E-state index contributed by atoms with van der Waals surface area (Å²) in [5, 5.41) is 0. The number of hydrogen-bond acceptors (Lipinski definition) is 2. The molecular formula is C18H23F13N2. The maximum Gasteiger partial charge on any atom is 0.460 e. The standard InChI is InChI=1S/C18H23F13N2/c1-2-3-4-5-8-32-10-11-33(12-32)9-6-7-13(19,20)14(21,22)15(23,24)16(25,26)17(27,28)18(29,30)31/h10-11H,2-9,12H2,1H3. The van der Waals surface area contributed by atoms with Crippen LogP contribution in [-0.2, 0) is 0 Å². The molecule has 0 unspecified atom stereocenters. The van der Waals surface area contributed by atoms with Gasteiger partial charge in [0.05, 0.1) is 6.67 Å². The normalized spacial score (nSPS) is 16.8. The quantitative estimate of drug-likeness (QED) is 0.191. The molecule has 196 valence electrons. The number of unbranched alkanes of at least 4 members (excludes halogenated alkanes) is 3. The van der Waals surface area contributed by atoms with Crippen molar-refractivity contribution in [2.75, 3.05) is 19.8 Å². The Kier molecular flexibility index (Phi) is 8.90. The minimum atomic E-state index is -7.85. The van der Waals surface area contributed by atoms with Crippen LogP contribution in [0.15, 0.2) is 12.4 Å². The average molecular weight is 514 g/mol. The van der Waals surface area contributed by atoms with Gasteiger partial charge in [0, 0.05) is 31.9 Å². The van der Waals surface area contributed by atoms with Gasteiger partial charge in [0.2, 0.25) is 0 Å². The van der Waals surface area contributed by atoms with Crippen LogP contribution in [-0.4, -0.2) is 65.3 Å². The van der Waals surface area contributed by atoms with Gasteiger partial charge < -0.3 is 9.80 Å². The summed E-state index contributed by atoms with van der Waals surface area (Å²) in [5.74, 6) is -36.5. The van der Waals surface area contributed by atoms with Crippen LogP contribution in [0.1, 0.15) is 45.4 Å². The molecule has 0 bridgehead atoms. The zero-order valence-corrected chi connectivity index (χ0v) is 17.3. The molecule has 0 saturated carbocycles. The van der Waals surface area contributed by atoms with Crippen molar-refractivity contribution in [1.29, 1.82) is 0 Å². The number of alkyl halides is 13. The van der Waals surface area contributed by atoms with Crippen LogP contribution in [0.5, 0.6) is 0 Å². The van der Waals surface area contributed by atoms with Gasteiger partial charge in [-0.05, 0) is 12.8 Å². The first-order valence-corrected chi connectivity index (χ1v) is 9.88. The highest BCUT2D eigenvalue weighted by Gasteiger charge is 2.90. The Hall–Kier alpha value is -1.57. The number of hydrogen-bond donors (Lipinski definition) is 0. The fraction of sp³-hybridized carbons (Fsp3) is 0.889. The van der Waals surface area contributed by atoms with E-state index >= 15 is 0 Å². The molecule has 0 saturated heterocycles. The molecule has 0 radical (unpaired) electrons. The Morgan fingerprint density at radius 3 is 1.48 bits per heavy atom. The Labute approximate surface area is 181 Å². The summed E-state index contributed by atoms with van der Waals surface area (Å²) in [5.41, 5.74) is 0. The summed E-state index contributed by atoms with van der Waals surface area (Å²) in [4.78, 5) is 3.08. The first kappa shape index (κ1) is 29.5. The van der Waals surface area contributed by atoms with Crippen LogP contribution in [0.3, 0.4) is 0 Å². The predicted molar refractivity (Wildman–Crippen MR) is 91.6 cm³/mol. The second-order valence-electron chi connectivity index (χ2n) is 7.73. The molecule has 0 aromatic carbocycles. The van der Waals surface area contributed by atoms with Crippen LogP contribution < -0.4 is 0 Å². The van der Waals surface area contributed by atoms with Gasteiger partial charge in [-0.1, -0.05) is 26.2 Å². The van der Waals surface area contributed by atoms with Crippen LogP contribution in [0.2, 0.25) is 0 Å². The molecule has 0 aliphatic carbocycles. The lowest BCUT2D eigenvalue weighted by Crippen LogP contribution is -2.70. The summed E-state index contributed by atoms with van der Waals surface area (Å²) in [7, 11) is 0. The lowest BCUT2D eigenvalue weighted by Gasteiger charge is -2.39. The smallest absolute Gasteiger partial charge is 0.359 e. The second kappa shape index (κ2) is 9.96. The zero-order valence-electron chi connectivity index (χ0n) is 17.3. The Morgan fingerprint density at radius 2 is 1.03 bits per heavy atom.